The minimum atomic E-state index is -3.59. The fraction of sp³-hybridized carbons (Fsp3) is 0.250. The Morgan fingerprint density at radius 3 is 2.42 bits per heavy atom. The lowest BCUT2D eigenvalue weighted by atomic mass is 10.4. The number of rotatable bonds is 4. The van der Waals surface area contributed by atoms with Crippen LogP contribution in [0.5, 0.6) is 0 Å². The smallest absolute Gasteiger partial charge is 0.263 e. The van der Waals surface area contributed by atoms with Gasteiger partial charge in [-0.15, -0.1) is 0 Å². The fourth-order valence-corrected chi connectivity index (χ4v) is 2.93. The van der Waals surface area contributed by atoms with Crippen molar-refractivity contribution in [3.63, 3.8) is 0 Å². The van der Waals surface area contributed by atoms with Gasteiger partial charge in [0.2, 0.25) is 0 Å². The monoisotopic (exact) mass is 343 g/mol. The highest BCUT2D eigenvalue weighted by molar-refractivity contribution is 9.10. The Hall–Kier alpha value is -1.34. The van der Waals surface area contributed by atoms with E-state index >= 15 is 0 Å². The van der Waals surface area contributed by atoms with Gasteiger partial charge in [0.15, 0.2) is 0 Å². The summed E-state index contributed by atoms with van der Waals surface area (Å²) in [6.07, 6.45) is 1.57. The molecule has 0 saturated heterocycles. The van der Waals surface area contributed by atoms with E-state index in [1.165, 1.54) is 0 Å². The van der Waals surface area contributed by atoms with E-state index in [9.17, 15) is 8.42 Å². The molecule has 1 aromatic carbocycles. The molecule has 0 radical (unpaired) electrons. The van der Waals surface area contributed by atoms with E-state index in [-0.39, 0.29) is 10.9 Å². The molecule has 0 aliphatic rings. The molecule has 0 atom stereocenters. The number of nitrogens with one attached hydrogen (secondary N) is 1. The van der Waals surface area contributed by atoms with E-state index < -0.39 is 10.0 Å². The van der Waals surface area contributed by atoms with Gasteiger partial charge >= 0.3 is 0 Å². The molecule has 2 aromatic rings. The summed E-state index contributed by atoms with van der Waals surface area (Å²) in [6, 6.07) is 8.18. The zero-order valence-corrected chi connectivity index (χ0v) is 12.9. The van der Waals surface area contributed by atoms with Gasteiger partial charge in [-0.2, -0.15) is 5.10 Å². The van der Waals surface area contributed by atoms with Gasteiger partial charge in [0.25, 0.3) is 10.0 Å². The Morgan fingerprint density at radius 2 is 1.84 bits per heavy atom. The average Bonchev–Trinajstić information content (AvgIpc) is 2.77. The van der Waals surface area contributed by atoms with Crippen molar-refractivity contribution in [2.75, 3.05) is 4.72 Å². The number of benzene rings is 1. The second kappa shape index (κ2) is 5.34. The molecule has 0 aliphatic heterocycles. The number of anilines is 1. The maximum atomic E-state index is 12.2. The van der Waals surface area contributed by atoms with Gasteiger partial charge in [0.05, 0.1) is 11.1 Å². The molecule has 0 fully saturated rings. The predicted octanol–water partition coefficient (Wildman–Crippen LogP) is 3.03. The second-order valence-electron chi connectivity index (χ2n) is 4.31. The molecule has 0 amide bonds. The molecule has 19 heavy (non-hydrogen) atoms. The van der Waals surface area contributed by atoms with Crippen LogP contribution in [0, 0.1) is 0 Å². The first kappa shape index (κ1) is 14.1. The van der Waals surface area contributed by atoms with Crippen LogP contribution >= 0.6 is 15.9 Å². The summed E-state index contributed by atoms with van der Waals surface area (Å²) < 4.78 is 29.4. The first-order valence-corrected chi connectivity index (χ1v) is 7.99. The Labute approximate surface area is 120 Å². The maximum absolute atomic E-state index is 12.2. The van der Waals surface area contributed by atoms with Gasteiger partial charge in [-0.25, -0.2) is 13.1 Å². The normalized spacial score (nSPS) is 11.8. The number of nitrogens with zero attached hydrogens (tertiary/aromatic N) is 2. The molecule has 1 aromatic heterocycles. The van der Waals surface area contributed by atoms with E-state index in [0.29, 0.717) is 5.82 Å². The van der Waals surface area contributed by atoms with Crippen molar-refractivity contribution in [3.05, 3.63) is 41.0 Å². The van der Waals surface area contributed by atoms with Crippen molar-refractivity contribution in [1.29, 1.82) is 0 Å². The van der Waals surface area contributed by atoms with Crippen molar-refractivity contribution in [2.24, 2.45) is 0 Å². The lowest BCUT2D eigenvalue weighted by Crippen LogP contribution is -2.17. The summed E-state index contributed by atoms with van der Waals surface area (Å²) in [6.45, 7) is 3.87. The van der Waals surface area contributed by atoms with E-state index in [1.807, 2.05) is 13.8 Å². The van der Waals surface area contributed by atoms with Gasteiger partial charge in [0.1, 0.15) is 5.82 Å². The predicted molar refractivity (Wildman–Crippen MR) is 77.6 cm³/mol. The van der Waals surface area contributed by atoms with Crippen LogP contribution in [-0.2, 0) is 10.0 Å². The van der Waals surface area contributed by atoms with Crippen LogP contribution in [0.1, 0.15) is 19.9 Å². The Balaban J connectivity index is 2.31. The van der Waals surface area contributed by atoms with E-state index in [1.54, 1.807) is 41.2 Å². The molecule has 102 valence electrons. The Morgan fingerprint density at radius 1 is 1.21 bits per heavy atom. The van der Waals surface area contributed by atoms with Crippen molar-refractivity contribution in [2.45, 2.75) is 24.8 Å². The molecular weight excluding hydrogens is 330 g/mol. The summed E-state index contributed by atoms with van der Waals surface area (Å²) in [5.41, 5.74) is 0. The van der Waals surface area contributed by atoms with Gasteiger partial charge in [-0.3, -0.25) is 4.72 Å². The van der Waals surface area contributed by atoms with E-state index in [2.05, 4.69) is 25.8 Å². The molecule has 0 spiro atoms. The summed E-state index contributed by atoms with van der Waals surface area (Å²) >= 11 is 3.27. The molecule has 7 heteroatoms. The summed E-state index contributed by atoms with van der Waals surface area (Å²) in [4.78, 5) is 0.215. The maximum Gasteiger partial charge on any atom is 0.263 e. The minimum Gasteiger partial charge on any atom is -0.264 e. The van der Waals surface area contributed by atoms with Gasteiger partial charge in [0, 0.05) is 16.6 Å². The van der Waals surface area contributed by atoms with Gasteiger partial charge in [-0.05, 0) is 38.1 Å². The highest BCUT2D eigenvalue weighted by atomic mass is 79.9. The Kier molecular flexibility index (Phi) is 3.96. The molecule has 5 nitrogen and oxygen atoms in total. The van der Waals surface area contributed by atoms with Crippen molar-refractivity contribution in [3.8, 4) is 0 Å². The zero-order chi connectivity index (χ0) is 14.0. The zero-order valence-electron chi connectivity index (χ0n) is 10.5. The van der Waals surface area contributed by atoms with Crippen molar-refractivity contribution in [1.82, 2.24) is 9.78 Å². The van der Waals surface area contributed by atoms with Crippen LogP contribution in [0.15, 0.2) is 45.9 Å². The third kappa shape index (κ3) is 3.16. The van der Waals surface area contributed by atoms with Crippen LogP contribution in [0.2, 0.25) is 0 Å². The number of hydrogen-bond donors (Lipinski definition) is 1. The minimum absolute atomic E-state index is 0.0811. The highest BCUT2D eigenvalue weighted by Gasteiger charge is 2.17. The van der Waals surface area contributed by atoms with E-state index in [4.69, 9.17) is 0 Å². The molecule has 1 heterocycles. The molecule has 0 bridgehead atoms. The first-order chi connectivity index (χ1) is 8.90. The van der Waals surface area contributed by atoms with Crippen LogP contribution in [-0.4, -0.2) is 18.2 Å². The van der Waals surface area contributed by atoms with Crippen molar-refractivity contribution >= 4 is 31.8 Å². The highest BCUT2D eigenvalue weighted by Crippen LogP contribution is 2.20. The van der Waals surface area contributed by atoms with Gasteiger partial charge in [-0.1, -0.05) is 15.9 Å². The third-order valence-corrected chi connectivity index (χ3v) is 4.42. The lowest BCUT2D eigenvalue weighted by molar-refractivity contribution is 0.539. The molecule has 0 unspecified atom stereocenters. The first-order valence-electron chi connectivity index (χ1n) is 5.72. The van der Waals surface area contributed by atoms with E-state index in [0.717, 1.165) is 4.47 Å². The van der Waals surface area contributed by atoms with Gasteiger partial charge < -0.3 is 0 Å². The van der Waals surface area contributed by atoms with Crippen molar-refractivity contribution < 1.29 is 8.42 Å². The standard InChI is InChI=1S/C12H14BrN3O2S/c1-9(2)16-12(7-8-14-16)15-19(17,18)11-5-3-10(13)4-6-11/h3-9,15H,1-2H3. The quantitative estimate of drug-likeness (QED) is 0.927. The molecular formula is C12H14BrN3O2S. The lowest BCUT2D eigenvalue weighted by Gasteiger charge is -2.13. The number of halogens is 1. The number of sulfonamides is 1. The number of hydrogen-bond acceptors (Lipinski definition) is 3. The second-order valence-corrected chi connectivity index (χ2v) is 6.91. The average molecular weight is 344 g/mol. The third-order valence-electron chi connectivity index (χ3n) is 2.52. The SMILES string of the molecule is CC(C)n1nccc1NS(=O)(=O)c1ccc(Br)cc1. The summed E-state index contributed by atoms with van der Waals surface area (Å²) in [7, 11) is -3.59. The van der Waals surface area contributed by atoms with Crippen LogP contribution in [0.25, 0.3) is 0 Å². The van der Waals surface area contributed by atoms with Crippen LogP contribution < -0.4 is 4.72 Å². The topological polar surface area (TPSA) is 64.0 Å². The molecule has 2 rings (SSSR count). The molecule has 0 saturated carbocycles. The number of aromatic nitrogens is 2. The van der Waals surface area contributed by atoms with Crippen LogP contribution in [0.3, 0.4) is 0 Å². The van der Waals surface area contributed by atoms with Crippen LogP contribution in [0.4, 0.5) is 5.82 Å². The largest absolute Gasteiger partial charge is 0.264 e. The Bertz CT molecular complexity index is 663. The molecule has 1 N–H and O–H groups in total. The summed E-state index contributed by atoms with van der Waals surface area (Å²) in [5, 5.41) is 4.09. The summed E-state index contributed by atoms with van der Waals surface area (Å²) in [5.74, 6) is 0.456. The fourth-order valence-electron chi connectivity index (χ4n) is 1.62. The molecule has 0 aliphatic carbocycles.